The molecule has 0 fully saturated rings. The highest BCUT2D eigenvalue weighted by molar-refractivity contribution is 14.0. The Morgan fingerprint density at radius 3 is 2.81 bits per heavy atom. The van der Waals surface area contributed by atoms with E-state index in [1.54, 1.807) is 0 Å². The quantitative estimate of drug-likeness (QED) is 0.512. The van der Waals surface area contributed by atoms with Crippen molar-refractivity contribution in [1.82, 2.24) is 10.2 Å². The number of nitrogens with one attached hydrogen (secondary N) is 1. The molecule has 0 aliphatic rings. The summed E-state index contributed by atoms with van der Waals surface area (Å²) < 4.78 is 0. The van der Waals surface area contributed by atoms with Crippen molar-refractivity contribution in [3.8, 4) is 0 Å². The van der Waals surface area contributed by atoms with Crippen molar-refractivity contribution in [1.29, 1.82) is 0 Å². The molecule has 0 bridgehead atoms. The van der Waals surface area contributed by atoms with Crippen LogP contribution in [0, 0.1) is 0 Å². The van der Waals surface area contributed by atoms with Crippen LogP contribution in [0.3, 0.4) is 0 Å². The first-order valence-electron chi connectivity index (χ1n) is 5.22. The molecule has 0 aliphatic heterocycles. The van der Waals surface area contributed by atoms with Crippen molar-refractivity contribution < 1.29 is 0 Å². The summed E-state index contributed by atoms with van der Waals surface area (Å²) in [5, 5.41) is 5.36. The van der Waals surface area contributed by atoms with Gasteiger partial charge < -0.3 is 10.2 Å². The van der Waals surface area contributed by atoms with Crippen LogP contribution >= 0.6 is 35.3 Å². The van der Waals surface area contributed by atoms with Crippen LogP contribution in [0.15, 0.2) is 22.5 Å². The molecule has 3 nitrogen and oxygen atoms in total. The third kappa shape index (κ3) is 5.16. The van der Waals surface area contributed by atoms with Gasteiger partial charge >= 0.3 is 0 Å². The zero-order chi connectivity index (χ0) is 11.1. The summed E-state index contributed by atoms with van der Waals surface area (Å²) in [7, 11) is 3.89. The SMILES string of the molecule is CCNC(=NC)N(C)CCc1cccs1.I. The Bertz CT molecular complexity index is 298. The summed E-state index contributed by atoms with van der Waals surface area (Å²) in [5.41, 5.74) is 0. The van der Waals surface area contributed by atoms with E-state index in [0.29, 0.717) is 0 Å². The van der Waals surface area contributed by atoms with Crippen LogP contribution < -0.4 is 5.32 Å². The molecule has 0 aromatic carbocycles. The zero-order valence-electron chi connectivity index (χ0n) is 10.1. The van der Waals surface area contributed by atoms with Crippen LogP contribution in [0.25, 0.3) is 0 Å². The minimum atomic E-state index is 0. The predicted octanol–water partition coefficient (Wildman–Crippen LogP) is 2.44. The Morgan fingerprint density at radius 2 is 2.31 bits per heavy atom. The molecule has 0 aliphatic carbocycles. The minimum Gasteiger partial charge on any atom is -0.357 e. The molecule has 1 rings (SSSR count). The van der Waals surface area contributed by atoms with E-state index in [-0.39, 0.29) is 24.0 Å². The largest absolute Gasteiger partial charge is 0.357 e. The van der Waals surface area contributed by atoms with Crippen LogP contribution in [0.5, 0.6) is 0 Å². The maximum absolute atomic E-state index is 4.21. The highest BCUT2D eigenvalue weighted by atomic mass is 127. The molecular formula is C11H20IN3S. The molecule has 0 atom stereocenters. The summed E-state index contributed by atoms with van der Waals surface area (Å²) >= 11 is 1.81. The number of aliphatic imine (C=N–C) groups is 1. The molecule has 1 aromatic heterocycles. The van der Waals surface area contributed by atoms with E-state index >= 15 is 0 Å². The van der Waals surface area contributed by atoms with Gasteiger partial charge in [0.05, 0.1) is 0 Å². The van der Waals surface area contributed by atoms with Crippen molar-refractivity contribution in [2.24, 2.45) is 4.99 Å². The van der Waals surface area contributed by atoms with Gasteiger partial charge in [0.2, 0.25) is 0 Å². The van der Waals surface area contributed by atoms with E-state index in [1.165, 1.54) is 4.88 Å². The van der Waals surface area contributed by atoms with E-state index in [9.17, 15) is 0 Å². The number of guanidine groups is 1. The molecule has 1 heterocycles. The molecule has 0 radical (unpaired) electrons. The number of halogens is 1. The van der Waals surface area contributed by atoms with Crippen LogP contribution in [0.2, 0.25) is 0 Å². The van der Waals surface area contributed by atoms with E-state index in [4.69, 9.17) is 0 Å². The maximum atomic E-state index is 4.21. The second kappa shape index (κ2) is 8.81. The minimum absolute atomic E-state index is 0. The molecule has 16 heavy (non-hydrogen) atoms. The van der Waals surface area contributed by atoms with E-state index < -0.39 is 0 Å². The van der Waals surface area contributed by atoms with Crippen molar-refractivity contribution in [3.05, 3.63) is 22.4 Å². The number of nitrogens with zero attached hydrogens (tertiary/aromatic N) is 2. The molecule has 0 amide bonds. The number of rotatable bonds is 4. The van der Waals surface area contributed by atoms with E-state index in [1.807, 2.05) is 18.4 Å². The molecule has 0 unspecified atom stereocenters. The number of thiophene rings is 1. The lowest BCUT2D eigenvalue weighted by Gasteiger charge is -2.21. The number of hydrogen-bond donors (Lipinski definition) is 1. The lowest BCUT2D eigenvalue weighted by molar-refractivity contribution is 0.489. The average Bonchev–Trinajstić information content (AvgIpc) is 2.75. The summed E-state index contributed by atoms with van der Waals surface area (Å²) in [4.78, 5) is 7.79. The highest BCUT2D eigenvalue weighted by Gasteiger charge is 2.04. The van der Waals surface area contributed by atoms with Crippen LogP contribution in [-0.2, 0) is 6.42 Å². The zero-order valence-corrected chi connectivity index (χ0v) is 13.2. The molecule has 0 saturated heterocycles. The van der Waals surface area contributed by atoms with Gasteiger partial charge in [-0.3, -0.25) is 4.99 Å². The fourth-order valence-electron chi connectivity index (χ4n) is 1.38. The van der Waals surface area contributed by atoms with Crippen molar-refractivity contribution in [2.75, 3.05) is 27.2 Å². The lowest BCUT2D eigenvalue weighted by Crippen LogP contribution is -2.39. The number of likely N-dealkylation sites (N-methyl/N-ethyl adjacent to an activating group) is 1. The second-order valence-corrected chi connectivity index (χ2v) is 4.36. The fourth-order valence-corrected chi connectivity index (χ4v) is 2.08. The number of hydrogen-bond acceptors (Lipinski definition) is 2. The Morgan fingerprint density at radius 1 is 1.56 bits per heavy atom. The summed E-state index contributed by atoms with van der Waals surface area (Å²) in [6.45, 7) is 3.99. The molecule has 92 valence electrons. The van der Waals surface area contributed by atoms with Gasteiger partial charge in [0.15, 0.2) is 5.96 Å². The summed E-state index contributed by atoms with van der Waals surface area (Å²) in [6, 6.07) is 4.27. The average molecular weight is 353 g/mol. The van der Waals surface area contributed by atoms with Gasteiger partial charge in [-0.15, -0.1) is 35.3 Å². The first-order valence-corrected chi connectivity index (χ1v) is 6.10. The summed E-state index contributed by atoms with van der Waals surface area (Å²) in [5.74, 6) is 0.967. The van der Waals surface area contributed by atoms with Crippen LogP contribution in [-0.4, -0.2) is 38.0 Å². The Hall–Kier alpha value is -0.300. The van der Waals surface area contributed by atoms with Gasteiger partial charge in [-0.1, -0.05) is 6.07 Å². The molecule has 0 spiro atoms. The van der Waals surface area contributed by atoms with Crippen LogP contribution in [0.4, 0.5) is 0 Å². The van der Waals surface area contributed by atoms with Crippen LogP contribution in [0.1, 0.15) is 11.8 Å². The summed E-state index contributed by atoms with van der Waals surface area (Å²) in [6.07, 6.45) is 1.08. The Labute approximate surface area is 119 Å². The molecule has 5 heteroatoms. The molecular weight excluding hydrogens is 333 g/mol. The van der Waals surface area contributed by atoms with Crippen molar-refractivity contribution in [2.45, 2.75) is 13.3 Å². The monoisotopic (exact) mass is 353 g/mol. The van der Waals surface area contributed by atoms with Gasteiger partial charge in [0.25, 0.3) is 0 Å². The second-order valence-electron chi connectivity index (χ2n) is 3.33. The smallest absolute Gasteiger partial charge is 0.193 e. The van der Waals surface area contributed by atoms with E-state index in [2.05, 4.69) is 46.7 Å². The van der Waals surface area contributed by atoms with Gasteiger partial charge in [0.1, 0.15) is 0 Å². The third-order valence-corrected chi connectivity index (χ3v) is 3.12. The van der Waals surface area contributed by atoms with Crippen molar-refractivity contribution >= 4 is 41.3 Å². The normalized spacial score (nSPS) is 10.8. The maximum Gasteiger partial charge on any atom is 0.193 e. The first-order chi connectivity index (χ1) is 7.27. The van der Waals surface area contributed by atoms with Gasteiger partial charge in [-0.25, -0.2) is 0 Å². The third-order valence-electron chi connectivity index (χ3n) is 2.18. The molecule has 0 saturated carbocycles. The lowest BCUT2D eigenvalue weighted by atomic mass is 10.3. The van der Waals surface area contributed by atoms with E-state index in [0.717, 1.165) is 25.5 Å². The first kappa shape index (κ1) is 15.7. The highest BCUT2D eigenvalue weighted by Crippen LogP contribution is 2.09. The van der Waals surface area contributed by atoms with Gasteiger partial charge in [-0.05, 0) is 24.8 Å². The topological polar surface area (TPSA) is 27.6 Å². The fraction of sp³-hybridized carbons (Fsp3) is 0.545. The Balaban J connectivity index is 0.00000225. The predicted molar refractivity (Wildman–Crippen MR) is 83.1 cm³/mol. The van der Waals surface area contributed by atoms with Gasteiger partial charge in [0, 0.05) is 32.1 Å². The van der Waals surface area contributed by atoms with Gasteiger partial charge in [-0.2, -0.15) is 0 Å². The standard InChI is InChI=1S/C11H19N3S.HI/c1-4-13-11(12-2)14(3)8-7-10-6-5-9-15-10;/h5-6,9H,4,7-8H2,1-3H3,(H,12,13);1H. The molecule has 1 aromatic rings. The molecule has 1 N–H and O–H groups in total. The Kier molecular flexibility index (Phi) is 8.64. The van der Waals surface area contributed by atoms with Crippen molar-refractivity contribution in [3.63, 3.8) is 0 Å².